The van der Waals surface area contributed by atoms with Crippen molar-refractivity contribution in [1.82, 2.24) is 0 Å². The second kappa shape index (κ2) is 69.1. The van der Waals surface area contributed by atoms with Gasteiger partial charge in [0, 0.05) is 25.7 Å². The number of carbonyl (C=O) groups excluding carboxylic acids is 4. The van der Waals surface area contributed by atoms with Gasteiger partial charge in [-0.2, -0.15) is 0 Å². The molecular weight excluding hydrogens is 1290 g/mol. The molecule has 588 valence electrons. The molecule has 0 aromatic rings. The Hall–Kier alpha value is -1.94. The van der Waals surface area contributed by atoms with Crippen LogP contribution in [0.2, 0.25) is 0 Å². The highest BCUT2D eigenvalue weighted by Gasteiger charge is 2.30. The summed E-state index contributed by atoms with van der Waals surface area (Å²) in [4.78, 5) is 73.0. The largest absolute Gasteiger partial charge is 0.472 e. The summed E-state index contributed by atoms with van der Waals surface area (Å²) in [5.74, 6) is 0.984. The van der Waals surface area contributed by atoms with Gasteiger partial charge in [0.2, 0.25) is 0 Å². The number of phosphoric ester groups is 2. The standard InChI is InChI=1S/C80H156O17P2/c1-9-73(8)59-51-43-38-39-45-53-61-78(83)91-67-76(97-80(85)63-55-47-37-31-24-18-14-13-16-21-27-33-41-49-57-71(4)5)69-95-99(88,89)93-65-74(81)64-92-98(86,87)94-68-75(66-90-77(82)60-52-44-35-29-25-19-22-28-34-42-50-58-72(6)7)96-79(84)62-54-46-36-30-23-17-12-10-11-15-20-26-32-40-48-56-70(2)3/h70-76,81H,9-69H2,1-8H3,(H,86,87)(H,88,89)/t73?,74-,75-,76-/m1/s1. The molecule has 0 saturated carbocycles. The zero-order chi connectivity index (χ0) is 73.1. The third-order valence-electron chi connectivity index (χ3n) is 18.9. The molecule has 0 aliphatic rings. The Labute approximate surface area is 607 Å². The molecule has 0 rings (SSSR count). The van der Waals surface area contributed by atoms with E-state index in [1.54, 1.807) is 0 Å². The highest BCUT2D eigenvalue weighted by Crippen LogP contribution is 2.45. The van der Waals surface area contributed by atoms with Crippen molar-refractivity contribution in [3.8, 4) is 0 Å². The van der Waals surface area contributed by atoms with Crippen molar-refractivity contribution in [2.75, 3.05) is 39.6 Å². The molecule has 6 atom stereocenters. The summed E-state index contributed by atoms with van der Waals surface area (Å²) < 4.78 is 68.7. The zero-order valence-corrected chi connectivity index (χ0v) is 66.9. The van der Waals surface area contributed by atoms with Crippen LogP contribution in [0.4, 0.5) is 0 Å². The van der Waals surface area contributed by atoms with E-state index in [4.69, 9.17) is 37.0 Å². The molecule has 17 nitrogen and oxygen atoms in total. The Morgan fingerprint density at radius 2 is 0.485 bits per heavy atom. The Balaban J connectivity index is 5.25. The van der Waals surface area contributed by atoms with Gasteiger partial charge in [0.15, 0.2) is 12.2 Å². The average Bonchev–Trinajstić information content (AvgIpc) is 1.03. The van der Waals surface area contributed by atoms with Gasteiger partial charge in [-0.05, 0) is 49.4 Å². The van der Waals surface area contributed by atoms with Crippen LogP contribution in [0.5, 0.6) is 0 Å². The van der Waals surface area contributed by atoms with Crippen LogP contribution >= 0.6 is 15.6 Å². The summed E-state index contributed by atoms with van der Waals surface area (Å²) in [6, 6.07) is 0. The number of rotatable bonds is 77. The molecule has 0 aromatic heterocycles. The molecule has 0 radical (unpaired) electrons. The van der Waals surface area contributed by atoms with Crippen molar-refractivity contribution in [2.24, 2.45) is 23.7 Å². The molecule has 99 heavy (non-hydrogen) atoms. The number of unbranched alkanes of at least 4 members (excludes halogenated alkanes) is 42. The molecule has 3 N–H and O–H groups in total. The van der Waals surface area contributed by atoms with Gasteiger partial charge in [-0.15, -0.1) is 0 Å². The second-order valence-corrected chi connectivity index (χ2v) is 33.4. The molecule has 0 saturated heterocycles. The first-order chi connectivity index (χ1) is 47.6. The molecule has 3 unspecified atom stereocenters. The summed E-state index contributed by atoms with van der Waals surface area (Å²) in [5.41, 5.74) is 0. The third kappa shape index (κ3) is 72.8. The lowest BCUT2D eigenvalue weighted by atomic mass is 10.00. The SMILES string of the molecule is CCC(C)CCCCCCCCC(=O)OC[C@H](COP(=O)(O)OC[C@H](O)COP(=O)(O)OC[C@@H](COC(=O)CCCCCCCCCCCCCC(C)C)OC(=O)CCCCCCCCCCCCCCCCCC(C)C)OC(=O)CCCCCCCCCCCCCCCCC(C)C. The van der Waals surface area contributed by atoms with Crippen LogP contribution in [0.1, 0.15) is 409 Å². The number of esters is 4. The third-order valence-corrected chi connectivity index (χ3v) is 20.8. The van der Waals surface area contributed by atoms with Gasteiger partial charge < -0.3 is 33.8 Å². The van der Waals surface area contributed by atoms with E-state index in [0.717, 1.165) is 120 Å². The summed E-state index contributed by atoms with van der Waals surface area (Å²) in [7, 11) is -9.92. The smallest absolute Gasteiger partial charge is 0.462 e. The Morgan fingerprint density at radius 1 is 0.283 bits per heavy atom. The molecule has 0 amide bonds. The van der Waals surface area contributed by atoms with E-state index in [2.05, 4.69) is 55.4 Å². The van der Waals surface area contributed by atoms with Crippen LogP contribution in [0, 0.1) is 23.7 Å². The number of ether oxygens (including phenoxy) is 4. The van der Waals surface area contributed by atoms with Gasteiger partial charge in [-0.25, -0.2) is 9.13 Å². The van der Waals surface area contributed by atoms with E-state index in [0.29, 0.717) is 25.7 Å². The fourth-order valence-corrected chi connectivity index (χ4v) is 13.8. The van der Waals surface area contributed by atoms with Crippen LogP contribution in [-0.2, 0) is 65.4 Å². The molecule has 0 aliphatic heterocycles. The fraction of sp³-hybridized carbons (Fsp3) is 0.950. The number of aliphatic hydroxyl groups is 1. The molecular formula is C80H156O17P2. The maximum absolute atomic E-state index is 13.1. The van der Waals surface area contributed by atoms with Gasteiger partial charge in [0.05, 0.1) is 26.4 Å². The molecule has 0 aromatic carbocycles. The van der Waals surface area contributed by atoms with E-state index < -0.39 is 97.5 Å². The van der Waals surface area contributed by atoms with E-state index >= 15 is 0 Å². The molecule has 0 fully saturated rings. The minimum Gasteiger partial charge on any atom is -0.462 e. The number of phosphoric acid groups is 2. The lowest BCUT2D eigenvalue weighted by molar-refractivity contribution is -0.161. The summed E-state index contributed by atoms with van der Waals surface area (Å²) in [5, 5.41) is 10.6. The van der Waals surface area contributed by atoms with Crippen molar-refractivity contribution in [3.05, 3.63) is 0 Å². The van der Waals surface area contributed by atoms with Crippen LogP contribution in [0.3, 0.4) is 0 Å². The quantitative estimate of drug-likeness (QED) is 0.0222. The van der Waals surface area contributed by atoms with E-state index in [1.165, 1.54) is 205 Å². The highest BCUT2D eigenvalue weighted by molar-refractivity contribution is 7.47. The van der Waals surface area contributed by atoms with Crippen molar-refractivity contribution in [3.63, 3.8) is 0 Å². The van der Waals surface area contributed by atoms with Crippen LogP contribution in [0.15, 0.2) is 0 Å². The zero-order valence-electron chi connectivity index (χ0n) is 65.1. The maximum atomic E-state index is 13.1. The number of aliphatic hydroxyl groups excluding tert-OH is 1. The van der Waals surface area contributed by atoms with Gasteiger partial charge in [-0.1, -0.05) is 357 Å². The maximum Gasteiger partial charge on any atom is 0.472 e. The summed E-state index contributed by atoms with van der Waals surface area (Å²) in [6.45, 7) is 14.3. The van der Waals surface area contributed by atoms with Gasteiger partial charge >= 0.3 is 39.5 Å². The normalized spacial score (nSPS) is 14.3. The first kappa shape index (κ1) is 97.1. The summed E-state index contributed by atoms with van der Waals surface area (Å²) >= 11 is 0. The van der Waals surface area contributed by atoms with Gasteiger partial charge in [0.1, 0.15) is 19.3 Å². The number of hydrogen-bond acceptors (Lipinski definition) is 15. The van der Waals surface area contributed by atoms with Gasteiger partial charge in [-0.3, -0.25) is 37.3 Å². The first-order valence-corrected chi connectivity index (χ1v) is 44.2. The minimum atomic E-state index is -4.96. The summed E-state index contributed by atoms with van der Waals surface area (Å²) in [6.07, 6.45) is 55.5. The molecule has 0 bridgehead atoms. The molecule has 0 spiro atoms. The lowest BCUT2D eigenvalue weighted by Gasteiger charge is -2.21. The topological polar surface area (TPSA) is 237 Å². The molecule has 19 heteroatoms. The second-order valence-electron chi connectivity index (χ2n) is 30.5. The Morgan fingerprint density at radius 3 is 0.717 bits per heavy atom. The van der Waals surface area contributed by atoms with Gasteiger partial charge in [0.25, 0.3) is 0 Å². The van der Waals surface area contributed by atoms with Crippen molar-refractivity contribution >= 4 is 39.5 Å². The van der Waals surface area contributed by atoms with E-state index in [9.17, 15) is 43.2 Å². The Bertz CT molecular complexity index is 1940. The van der Waals surface area contributed by atoms with Crippen LogP contribution in [-0.4, -0.2) is 96.7 Å². The van der Waals surface area contributed by atoms with Crippen molar-refractivity contribution in [1.29, 1.82) is 0 Å². The predicted octanol–water partition coefficient (Wildman–Crippen LogP) is 23.6. The lowest BCUT2D eigenvalue weighted by Crippen LogP contribution is -2.30. The van der Waals surface area contributed by atoms with Crippen LogP contribution in [0.25, 0.3) is 0 Å². The number of carbonyl (C=O) groups is 4. The average molecular weight is 1450 g/mol. The number of hydrogen-bond donors (Lipinski definition) is 3. The monoisotopic (exact) mass is 1450 g/mol. The fourth-order valence-electron chi connectivity index (χ4n) is 12.2. The Kier molecular flexibility index (Phi) is 67.8. The first-order valence-electron chi connectivity index (χ1n) is 41.2. The van der Waals surface area contributed by atoms with Crippen LogP contribution < -0.4 is 0 Å². The highest BCUT2D eigenvalue weighted by atomic mass is 31.2. The minimum absolute atomic E-state index is 0.106. The van der Waals surface area contributed by atoms with Crippen molar-refractivity contribution in [2.45, 2.75) is 427 Å². The van der Waals surface area contributed by atoms with Crippen molar-refractivity contribution < 1.29 is 80.2 Å². The van der Waals surface area contributed by atoms with E-state index in [1.807, 2.05) is 0 Å². The van der Waals surface area contributed by atoms with E-state index in [-0.39, 0.29) is 25.7 Å². The molecule has 0 heterocycles. The predicted molar refractivity (Wildman–Crippen MR) is 404 cm³/mol. The molecule has 0 aliphatic carbocycles.